The second kappa shape index (κ2) is 9.07. The first-order chi connectivity index (χ1) is 13.2. The number of para-hydroxylation sites is 2. The van der Waals surface area contributed by atoms with Crippen LogP contribution in [-0.4, -0.2) is 43.5 Å². The number of rotatable bonds is 8. The Kier molecular flexibility index (Phi) is 6.30. The molecule has 0 unspecified atom stereocenters. The summed E-state index contributed by atoms with van der Waals surface area (Å²) in [6.07, 6.45) is 0.237. The number of amides is 2. The summed E-state index contributed by atoms with van der Waals surface area (Å²) in [5, 5.41) is 2.85. The third-order valence-electron chi connectivity index (χ3n) is 4.55. The lowest BCUT2D eigenvalue weighted by Gasteiger charge is -2.18. The van der Waals surface area contributed by atoms with Crippen LogP contribution in [0.15, 0.2) is 54.6 Å². The molecule has 1 fully saturated rings. The maximum atomic E-state index is 12.4. The van der Waals surface area contributed by atoms with Gasteiger partial charge < -0.3 is 19.7 Å². The number of benzene rings is 2. The summed E-state index contributed by atoms with van der Waals surface area (Å²) in [4.78, 5) is 26.4. The predicted molar refractivity (Wildman–Crippen MR) is 101 cm³/mol. The van der Waals surface area contributed by atoms with Gasteiger partial charge in [0.2, 0.25) is 11.8 Å². The molecule has 27 heavy (non-hydrogen) atoms. The van der Waals surface area contributed by atoms with Crippen LogP contribution in [0.25, 0.3) is 0 Å². The standard InChI is InChI=1S/C21H24N2O4/c1-26-19-10-6-5-7-16(19)14-23-15-17(13-20(23)24)21(25)22-11-12-27-18-8-3-2-4-9-18/h2-10,17H,11-15H2,1H3,(H,22,25)/t17-/m0/s1. The van der Waals surface area contributed by atoms with E-state index in [4.69, 9.17) is 9.47 Å². The van der Waals surface area contributed by atoms with Crippen molar-refractivity contribution < 1.29 is 19.1 Å². The fourth-order valence-electron chi connectivity index (χ4n) is 3.14. The van der Waals surface area contributed by atoms with Crippen LogP contribution in [-0.2, 0) is 16.1 Å². The minimum atomic E-state index is -0.330. The number of nitrogens with one attached hydrogen (secondary N) is 1. The van der Waals surface area contributed by atoms with Gasteiger partial charge in [-0.3, -0.25) is 9.59 Å². The first-order valence-corrected chi connectivity index (χ1v) is 9.02. The Bertz CT molecular complexity index is 779. The molecule has 1 aliphatic heterocycles. The molecule has 1 atom stereocenters. The van der Waals surface area contributed by atoms with Crippen LogP contribution in [0.2, 0.25) is 0 Å². The Morgan fingerprint density at radius 3 is 2.67 bits per heavy atom. The van der Waals surface area contributed by atoms with Crippen molar-refractivity contribution >= 4 is 11.8 Å². The van der Waals surface area contributed by atoms with E-state index in [1.807, 2.05) is 54.6 Å². The third-order valence-corrected chi connectivity index (χ3v) is 4.55. The molecule has 0 aromatic heterocycles. The van der Waals surface area contributed by atoms with E-state index in [0.29, 0.717) is 26.2 Å². The minimum absolute atomic E-state index is 0.0124. The average Bonchev–Trinajstić information content (AvgIpc) is 3.07. The quantitative estimate of drug-likeness (QED) is 0.726. The highest BCUT2D eigenvalue weighted by molar-refractivity contribution is 5.89. The van der Waals surface area contributed by atoms with Crippen molar-refractivity contribution in [2.24, 2.45) is 5.92 Å². The highest BCUT2D eigenvalue weighted by Gasteiger charge is 2.34. The van der Waals surface area contributed by atoms with Crippen LogP contribution in [0.3, 0.4) is 0 Å². The molecule has 0 spiro atoms. The molecule has 1 saturated heterocycles. The van der Waals surface area contributed by atoms with E-state index in [2.05, 4.69) is 5.32 Å². The molecule has 6 heteroatoms. The number of ether oxygens (including phenoxy) is 2. The van der Waals surface area contributed by atoms with Gasteiger partial charge in [-0.2, -0.15) is 0 Å². The van der Waals surface area contributed by atoms with Gasteiger partial charge in [0.1, 0.15) is 18.1 Å². The summed E-state index contributed by atoms with van der Waals surface area (Å²) in [5.74, 6) is 1.06. The largest absolute Gasteiger partial charge is 0.496 e. The van der Waals surface area contributed by atoms with Crippen molar-refractivity contribution in [3.63, 3.8) is 0 Å². The normalized spacial score (nSPS) is 16.3. The molecular weight excluding hydrogens is 344 g/mol. The van der Waals surface area contributed by atoms with Crippen molar-refractivity contribution in [1.29, 1.82) is 0 Å². The number of hydrogen-bond acceptors (Lipinski definition) is 4. The van der Waals surface area contributed by atoms with Gasteiger partial charge in [0.05, 0.1) is 19.6 Å². The Hall–Kier alpha value is -3.02. The second-order valence-corrected chi connectivity index (χ2v) is 6.44. The molecule has 1 aliphatic rings. The smallest absolute Gasteiger partial charge is 0.225 e. The topological polar surface area (TPSA) is 67.9 Å². The number of nitrogens with zero attached hydrogens (tertiary/aromatic N) is 1. The zero-order chi connectivity index (χ0) is 19.1. The second-order valence-electron chi connectivity index (χ2n) is 6.44. The summed E-state index contributed by atoms with van der Waals surface area (Å²) in [6.45, 7) is 1.66. The van der Waals surface area contributed by atoms with Crippen LogP contribution in [0, 0.1) is 5.92 Å². The molecule has 1 heterocycles. The Morgan fingerprint density at radius 1 is 1.15 bits per heavy atom. The third kappa shape index (κ3) is 5.00. The van der Waals surface area contributed by atoms with Crippen LogP contribution >= 0.6 is 0 Å². The zero-order valence-corrected chi connectivity index (χ0v) is 15.4. The predicted octanol–water partition coefficient (Wildman–Crippen LogP) is 2.24. The Labute approximate surface area is 159 Å². The number of likely N-dealkylation sites (tertiary alicyclic amines) is 1. The highest BCUT2D eigenvalue weighted by Crippen LogP contribution is 2.24. The first kappa shape index (κ1) is 18.8. The van der Waals surface area contributed by atoms with Crippen molar-refractivity contribution in [3.05, 3.63) is 60.2 Å². The lowest BCUT2D eigenvalue weighted by atomic mass is 10.1. The summed E-state index contributed by atoms with van der Waals surface area (Å²) in [7, 11) is 1.61. The molecule has 2 aromatic rings. The first-order valence-electron chi connectivity index (χ1n) is 9.02. The van der Waals surface area contributed by atoms with Gasteiger partial charge in [0.15, 0.2) is 0 Å². The number of carbonyl (C=O) groups excluding carboxylic acids is 2. The molecule has 6 nitrogen and oxygen atoms in total. The van der Waals surface area contributed by atoms with E-state index < -0.39 is 0 Å². The van der Waals surface area contributed by atoms with Crippen LogP contribution in [0.4, 0.5) is 0 Å². The van der Waals surface area contributed by atoms with Crippen LogP contribution in [0.1, 0.15) is 12.0 Å². The van der Waals surface area contributed by atoms with Crippen LogP contribution in [0.5, 0.6) is 11.5 Å². The van der Waals surface area contributed by atoms with Gasteiger partial charge in [-0.05, 0) is 18.2 Å². The molecule has 0 aliphatic carbocycles. The van der Waals surface area contributed by atoms with E-state index in [1.165, 1.54) is 0 Å². The maximum absolute atomic E-state index is 12.4. The summed E-state index contributed by atoms with van der Waals surface area (Å²) >= 11 is 0. The molecule has 0 radical (unpaired) electrons. The van der Waals surface area contributed by atoms with Crippen molar-refractivity contribution in [2.45, 2.75) is 13.0 Å². The summed E-state index contributed by atoms with van der Waals surface area (Å²) in [5.41, 5.74) is 0.936. The van der Waals surface area contributed by atoms with E-state index in [1.54, 1.807) is 12.0 Å². The molecule has 2 aromatic carbocycles. The SMILES string of the molecule is COc1ccccc1CN1C[C@@H](C(=O)NCCOc2ccccc2)CC1=O. The highest BCUT2D eigenvalue weighted by atomic mass is 16.5. The van der Waals surface area contributed by atoms with Gasteiger partial charge in [0.25, 0.3) is 0 Å². The fourth-order valence-corrected chi connectivity index (χ4v) is 3.14. The summed E-state index contributed by atoms with van der Waals surface area (Å²) in [6, 6.07) is 17.1. The minimum Gasteiger partial charge on any atom is -0.496 e. The molecule has 0 bridgehead atoms. The Morgan fingerprint density at radius 2 is 1.89 bits per heavy atom. The molecule has 1 N–H and O–H groups in total. The number of hydrogen-bond donors (Lipinski definition) is 1. The Balaban J connectivity index is 1.46. The molecule has 0 saturated carbocycles. The van der Waals surface area contributed by atoms with E-state index in [0.717, 1.165) is 17.1 Å². The zero-order valence-electron chi connectivity index (χ0n) is 15.4. The fraction of sp³-hybridized carbons (Fsp3) is 0.333. The van der Waals surface area contributed by atoms with Gasteiger partial charge in [-0.25, -0.2) is 0 Å². The summed E-state index contributed by atoms with van der Waals surface area (Å²) < 4.78 is 10.9. The molecular formula is C21H24N2O4. The van der Waals surface area contributed by atoms with E-state index in [9.17, 15) is 9.59 Å². The van der Waals surface area contributed by atoms with E-state index >= 15 is 0 Å². The molecule has 3 rings (SSSR count). The monoisotopic (exact) mass is 368 g/mol. The van der Waals surface area contributed by atoms with Crippen molar-refractivity contribution in [2.75, 3.05) is 26.8 Å². The maximum Gasteiger partial charge on any atom is 0.225 e. The van der Waals surface area contributed by atoms with Gasteiger partial charge in [-0.1, -0.05) is 36.4 Å². The number of methoxy groups -OCH3 is 1. The lowest BCUT2D eigenvalue weighted by Crippen LogP contribution is -2.35. The number of carbonyl (C=O) groups is 2. The van der Waals surface area contributed by atoms with Gasteiger partial charge in [-0.15, -0.1) is 0 Å². The van der Waals surface area contributed by atoms with Gasteiger partial charge >= 0.3 is 0 Å². The molecule has 2 amide bonds. The van der Waals surface area contributed by atoms with Crippen molar-refractivity contribution in [1.82, 2.24) is 10.2 Å². The van der Waals surface area contributed by atoms with E-state index in [-0.39, 0.29) is 24.2 Å². The molecule has 142 valence electrons. The average molecular weight is 368 g/mol. The van der Waals surface area contributed by atoms with Crippen LogP contribution < -0.4 is 14.8 Å². The van der Waals surface area contributed by atoms with Crippen molar-refractivity contribution in [3.8, 4) is 11.5 Å². The lowest BCUT2D eigenvalue weighted by molar-refractivity contribution is -0.129. The van der Waals surface area contributed by atoms with Gasteiger partial charge in [0, 0.05) is 25.1 Å².